The minimum Gasteiger partial charge on any atom is -0.426 e. The predicted molar refractivity (Wildman–Crippen MR) is 109 cm³/mol. The highest BCUT2D eigenvalue weighted by Gasteiger charge is 2.16. The van der Waals surface area contributed by atoms with Gasteiger partial charge >= 0.3 is 5.97 Å². The lowest BCUT2D eigenvalue weighted by Gasteiger charge is -2.13. The third-order valence-corrected chi connectivity index (χ3v) is 5.06. The van der Waals surface area contributed by atoms with Crippen LogP contribution in [0, 0.1) is 5.92 Å². The third-order valence-electron chi connectivity index (χ3n) is 3.91. The summed E-state index contributed by atoms with van der Waals surface area (Å²) in [5.74, 6) is -0.245. The van der Waals surface area contributed by atoms with Crippen molar-refractivity contribution in [2.24, 2.45) is 11.7 Å². The van der Waals surface area contributed by atoms with Gasteiger partial charge in [0.1, 0.15) is 11.8 Å². The van der Waals surface area contributed by atoms with E-state index in [2.05, 4.69) is 5.32 Å². The monoisotopic (exact) mass is 400 g/mol. The van der Waals surface area contributed by atoms with Gasteiger partial charge in [-0.25, -0.2) is 0 Å². The Labute approximate surface area is 168 Å². The van der Waals surface area contributed by atoms with E-state index in [1.54, 1.807) is 45.0 Å². The molecule has 0 heterocycles. The van der Waals surface area contributed by atoms with E-state index >= 15 is 0 Å². The van der Waals surface area contributed by atoms with Crippen molar-refractivity contribution < 1.29 is 19.1 Å². The van der Waals surface area contributed by atoms with Gasteiger partial charge in [-0.15, -0.1) is 11.8 Å². The van der Waals surface area contributed by atoms with Crippen LogP contribution in [0.3, 0.4) is 0 Å². The molecule has 2 amide bonds. The zero-order valence-electron chi connectivity index (χ0n) is 16.1. The molecule has 0 saturated heterocycles. The number of ether oxygens (including phenoxy) is 1. The fourth-order valence-electron chi connectivity index (χ4n) is 2.17. The summed E-state index contributed by atoms with van der Waals surface area (Å²) in [6, 6.07) is 13.7. The van der Waals surface area contributed by atoms with Crippen LogP contribution in [0.4, 0.5) is 0 Å². The van der Waals surface area contributed by atoms with Crippen LogP contribution in [0.1, 0.15) is 36.7 Å². The first-order chi connectivity index (χ1) is 13.3. The average Bonchev–Trinajstić information content (AvgIpc) is 2.67. The zero-order valence-corrected chi connectivity index (χ0v) is 16.9. The Morgan fingerprint density at radius 2 is 1.68 bits per heavy atom. The largest absolute Gasteiger partial charge is 0.426 e. The number of benzene rings is 2. The molecule has 2 aromatic rings. The molecule has 0 unspecified atom stereocenters. The van der Waals surface area contributed by atoms with Gasteiger partial charge in [-0.1, -0.05) is 38.1 Å². The Bertz CT molecular complexity index is 850. The molecule has 1 atom stereocenters. The first kappa shape index (κ1) is 21.5. The molecule has 0 bridgehead atoms. The first-order valence-corrected chi connectivity index (χ1v) is 9.89. The highest BCUT2D eigenvalue weighted by atomic mass is 32.2. The summed E-state index contributed by atoms with van der Waals surface area (Å²) in [6.07, 6.45) is 0. The van der Waals surface area contributed by atoms with Crippen molar-refractivity contribution in [1.82, 2.24) is 5.32 Å². The van der Waals surface area contributed by atoms with Gasteiger partial charge in [0.05, 0.1) is 11.5 Å². The van der Waals surface area contributed by atoms with E-state index in [1.165, 1.54) is 11.8 Å². The molecule has 0 aromatic heterocycles. The molecule has 6 nitrogen and oxygen atoms in total. The number of amides is 2. The van der Waals surface area contributed by atoms with Crippen LogP contribution >= 0.6 is 11.8 Å². The molecule has 0 spiro atoms. The van der Waals surface area contributed by atoms with Gasteiger partial charge in [-0.3, -0.25) is 14.4 Å². The molecule has 0 aliphatic carbocycles. The number of primary amides is 1. The molecular formula is C21H24N2O4S. The quantitative estimate of drug-likeness (QED) is 0.403. The second kappa shape index (κ2) is 9.94. The fraction of sp³-hybridized carbons (Fsp3) is 0.286. The van der Waals surface area contributed by atoms with Gasteiger partial charge in [0.25, 0.3) is 5.91 Å². The Balaban J connectivity index is 2.02. The molecule has 0 aliphatic rings. The van der Waals surface area contributed by atoms with Crippen LogP contribution in [0.5, 0.6) is 5.75 Å². The lowest BCUT2D eigenvalue weighted by Crippen LogP contribution is -2.42. The van der Waals surface area contributed by atoms with Crippen LogP contribution in [0.2, 0.25) is 0 Å². The second-order valence-corrected chi connectivity index (χ2v) is 7.62. The minimum absolute atomic E-state index is 0.185. The van der Waals surface area contributed by atoms with Crippen molar-refractivity contribution in [1.29, 1.82) is 0 Å². The van der Waals surface area contributed by atoms with Gasteiger partial charge in [0.15, 0.2) is 0 Å². The zero-order chi connectivity index (χ0) is 20.7. The number of hydrogen-bond acceptors (Lipinski definition) is 5. The van der Waals surface area contributed by atoms with Crippen molar-refractivity contribution in [3.8, 4) is 5.75 Å². The van der Waals surface area contributed by atoms with Crippen LogP contribution < -0.4 is 15.8 Å². The molecular weight excluding hydrogens is 376 g/mol. The number of rotatable bonds is 8. The predicted octanol–water partition coefficient (Wildman–Crippen LogP) is 3.14. The van der Waals surface area contributed by atoms with Gasteiger partial charge in [0.2, 0.25) is 5.91 Å². The summed E-state index contributed by atoms with van der Waals surface area (Å²) in [6.45, 7) is 5.11. The van der Waals surface area contributed by atoms with E-state index in [9.17, 15) is 14.4 Å². The maximum absolute atomic E-state index is 12.4. The number of thioether (sulfide) groups is 1. The van der Waals surface area contributed by atoms with E-state index in [0.29, 0.717) is 17.1 Å². The molecule has 2 aromatic carbocycles. The molecule has 0 aliphatic heterocycles. The van der Waals surface area contributed by atoms with Crippen molar-refractivity contribution in [2.45, 2.75) is 37.5 Å². The number of carbonyl (C=O) groups is 3. The normalized spacial score (nSPS) is 11.7. The summed E-state index contributed by atoms with van der Waals surface area (Å²) in [7, 11) is 0. The first-order valence-electron chi connectivity index (χ1n) is 8.90. The molecule has 3 N–H and O–H groups in total. The molecule has 7 heteroatoms. The number of nitrogens with one attached hydrogen (secondary N) is 1. The number of esters is 1. The van der Waals surface area contributed by atoms with Crippen molar-refractivity contribution in [3.05, 3.63) is 59.7 Å². The van der Waals surface area contributed by atoms with Crippen LogP contribution in [-0.4, -0.2) is 23.8 Å². The molecule has 0 fully saturated rings. The summed E-state index contributed by atoms with van der Waals surface area (Å²) >= 11 is 1.50. The van der Waals surface area contributed by atoms with E-state index in [4.69, 9.17) is 10.5 Å². The van der Waals surface area contributed by atoms with Gasteiger partial charge < -0.3 is 15.8 Å². The summed E-state index contributed by atoms with van der Waals surface area (Å²) in [5, 5.41) is 2.59. The molecule has 0 radical (unpaired) electrons. The molecule has 0 saturated carbocycles. The van der Waals surface area contributed by atoms with E-state index in [0.717, 1.165) is 10.5 Å². The number of hydrogen-bond donors (Lipinski definition) is 2. The van der Waals surface area contributed by atoms with Gasteiger partial charge in [-0.05, 0) is 36.8 Å². The molecule has 2 rings (SSSR count). The summed E-state index contributed by atoms with van der Waals surface area (Å²) in [4.78, 5) is 36.0. The van der Waals surface area contributed by atoms with E-state index in [-0.39, 0.29) is 17.8 Å². The highest BCUT2D eigenvalue weighted by Crippen LogP contribution is 2.27. The summed E-state index contributed by atoms with van der Waals surface area (Å²) < 4.78 is 5.26. The van der Waals surface area contributed by atoms with Crippen molar-refractivity contribution in [2.75, 3.05) is 0 Å². The highest BCUT2D eigenvalue weighted by molar-refractivity contribution is 7.98. The number of carbonyl (C=O) groups excluding carboxylic acids is 3. The SMILES string of the molecule is CC(C)C(=O)Oc1ccc(CSc2ccccc2C(=O)N[C@@H](C)C(N)=O)cc1. The Hall–Kier alpha value is -2.80. The topological polar surface area (TPSA) is 98.5 Å². The Morgan fingerprint density at radius 3 is 2.29 bits per heavy atom. The smallest absolute Gasteiger partial charge is 0.313 e. The average molecular weight is 401 g/mol. The van der Waals surface area contributed by atoms with Crippen LogP contribution in [0.15, 0.2) is 53.4 Å². The maximum Gasteiger partial charge on any atom is 0.313 e. The second-order valence-electron chi connectivity index (χ2n) is 6.60. The molecule has 148 valence electrons. The summed E-state index contributed by atoms with van der Waals surface area (Å²) in [5.41, 5.74) is 6.72. The molecule has 28 heavy (non-hydrogen) atoms. The Kier molecular flexibility index (Phi) is 7.63. The Morgan fingerprint density at radius 1 is 1.04 bits per heavy atom. The number of nitrogens with two attached hydrogens (primary N) is 1. The van der Waals surface area contributed by atoms with Crippen molar-refractivity contribution >= 4 is 29.5 Å². The third kappa shape index (κ3) is 6.13. The van der Waals surface area contributed by atoms with Gasteiger partial charge in [0, 0.05) is 10.6 Å². The fourth-order valence-corrected chi connectivity index (χ4v) is 3.18. The lowest BCUT2D eigenvalue weighted by atomic mass is 10.2. The van der Waals surface area contributed by atoms with Crippen molar-refractivity contribution in [3.63, 3.8) is 0 Å². The standard InChI is InChI=1S/C21H24N2O4S/c1-13(2)21(26)27-16-10-8-15(9-11-16)12-28-18-7-5-4-6-17(18)20(25)23-14(3)19(22)24/h4-11,13-14H,12H2,1-3H3,(H2,22,24)(H,23,25)/t14-/m0/s1. The van der Waals surface area contributed by atoms with E-state index in [1.807, 2.05) is 24.3 Å². The minimum atomic E-state index is -0.744. The van der Waals surface area contributed by atoms with Crippen LogP contribution in [-0.2, 0) is 15.3 Å². The van der Waals surface area contributed by atoms with Crippen LogP contribution in [0.25, 0.3) is 0 Å². The van der Waals surface area contributed by atoms with Gasteiger partial charge in [-0.2, -0.15) is 0 Å². The maximum atomic E-state index is 12.4. The van der Waals surface area contributed by atoms with E-state index < -0.39 is 11.9 Å². The lowest BCUT2D eigenvalue weighted by molar-refractivity contribution is -0.137.